The van der Waals surface area contributed by atoms with Gasteiger partial charge in [0.1, 0.15) is 17.2 Å². The van der Waals surface area contributed by atoms with E-state index >= 15 is 0 Å². The fourth-order valence-corrected chi connectivity index (χ4v) is 7.54. The highest BCUT2D eigenvalue weighted by atomic mass is 35.5. The summed E-state index contributed by atoms with van der Waals surface area (Å²) >= 11 is 6.40. The molecular weight excluding hydrogens is 558 g/mol. The predicted octanol–water partition coefficient (Wildman–Crippen LogP) is 7.79. The molecule has 1 saturated heterocycles. The van der Waals surface area contributed by atoms with Gasteiger partial charge >= 0.3 is 0 Å². The third-order valence-electron chi connectivity index (χ3n) is 9.35. The zero-order valence-corrected chi connectivity index (χ0v) is 24.8. The highest BCUT2D eigenvalue weighted by Gasteiger charge is 2.71. The molecule has 1 fully saturated rings. The van der Waals surface area contributed by atoms with Crippen molar-refractivity contribution in [2.45, 2.75) is 37.8 Å². The lowest BCUT2D eigenvalue weighted by molar-refractivity contribution is 0.0666. The van der Waals surface area contributed by atoms with Gasteiger partial charge in [-0.1, -0.05) is 98.3 Å². The lowest BCUT2D eigenvalue weighted by Gasteiger charge is -2.37. The van der Waals surface area contributed by atoms with Gasteiger partial charge in [0.25, 0.3) is 0 Å². The second-order valence-corrected chi connectivity index (χ2v) is 12.3. The normalized spacial score (nSPS) is 21.2. The third-order valence-corrected chi connectivity index (χ3v) is 9.59. The first-order chi connectivity index (χ1) is 20.8. The molecule has 2 aliphatic heterocycles. The Morgan fingerprint density at radius 1 is 0.884 bits per heavy atom. The second-order valence-electron chi connectivity index (χ2n) is 11.8. The van der Waals surface area contributed by atoms with Crippen molar-refractivity contribution in [1.29, 1.82) is 0 Å². The van der Waals surface area contributed by atoms with Gasteiger partial charge in [-0.25, -0.2) is 0 Å². The lowest BCUT2D eigenvalue weighted by Crippen LogP contribution is -2.48. The number of benzene rings is 4. The minimum absolute atomic E-state index is 0.188. The van der Waals surface area contributed by atoms with Crippen LogP contribution in [0.15, 0.2) is 97.1 Å². The Kier molecular flexibility index (Phi) is 6.40. The van der Waals surface area contributed by atoms with E-state index in [1.54, 1.807) is 61.7 Å². The number of methoxy groups -OCH3 is 1. The number of hydrogen-bond acceptors (Lipinski definition) is 5. The van der Waals surface area contributed by atoms with Gasteiger partial charge < -0.3 is 9.64 Å². The monoisotopic (exact) mass is 587 g/mol. The van der Waals surface area contributed by atoms with Crippen molar-refractivity contribution in [1.82, 2.24) is 0 Å². The van der Waals surface area contributed by atoms with E-state index in [2.05, 4.69) is 13.8 Å². The van der Waals surface area contributed by atoms with Crippen LogP contribution >= 0.6 is 11.6 Å². The molecule has 1 aliphatic carbocycles. The molecule has 43 heavy (non-hydrogen) atoms. The average Bonchev–Trinajstić information content (AvgIpc) is 3.46. The summed E-state index contributed by atoms with van der Waals surface area (Å²) in [6.45, 7) is 4.24. The van der Waals surface area contributed by atoms with Crippen molar-refractivity contribution in [2.24, 2.45) is 5.41 Å². The number of hydrogen-bond donors (Lipinski definition) is 0. The largest absolute Gasteiger partial charge is 0.497 e. The summed E-state index contributed by atoms with van der Waals surface area (Å²) in [6.07, 6.45) is 3.83. The molecule has 0 saturated carbocycles. The molecule has 3 atom stereocenters. The lowest BCUT2D eigenvalue weighted by atomic mass is 9.64. The van der Waals surface area contributed by atoms with Crippen molar-refractivity contribution in [3.63, 3.8) is 0 Å². The molecule has 0 amide bonds. The highest BCUT2D eigenvalue weighted by Crippen LogP contribution is 2.61. The van der Waals surface area contributed by atoms with Gasteiger partial charge in [-0.05, 0) is 52.9 Å². The Morgan fingerprint density at radius 3 is 2.23 bits per heavy atom. The SMILES string of the molecule is COc1cccc(C(=O)[C@@H]2[C@H](c3ccc(C(C)C)cc3)C3(C(=O)c4ccccc4C3=O)[C@@H]3C=Cc4cc(Cl)ccc4N23)c1. The minimum atomic E-state index is -1.55. The number of ketones is 3. The van der Waals surface area contributed by atoms with Gasteiger partial charge in [0, 0.05) is 33.3 Å². The summed E-state index contributed by atoms with van der Waals surface area (Å²) in [5.74, 6) is -0.597. The first-order valence-electron chi connectivity index (χ1n) is 14.5. The van der Waals surface area contributed by atoms with Crippen LogP contribution in [0.1, 0.15) is 73.4 Å². The van der Waals surface area contributed by atoms with E-state index in [0.29, 0.717) is 33.4 Å². The second kappa shape index (κ2) is 10.1. The molecule has 214 valence electrons. The van der Waals surface area contributed by atoms with Crippen molar-refractivity contribution < 1.29 is 19.1 Å². The number of ether oxygens (including phenoxy) is 1. The maximum absolute atomic E-state index is 14.9. The molecule has 6 heteroatoms. The quantitative estimate of drug-likeness (QED) is 0.176. The smallest absolute Gasteiger partial charge is 0.186 e. The van der Waals surface area contributed by atoms with Crippen LogP contribution in [0.4, 0.5) is 5.69 Å². The molecule has 3 aliphatic rings. The van der Waals surface area contributed by atoms with E-state index in [4.69, 9.17) is 16.3 Å². The summed E-state index contributed by atoms with van der Waals surface area (Å²) < 4.78 is 5.46. The molecule has 0 N–H and O–H groups in total. The highest BCUT2D eigenvalue weighted by molar-refractivity contribution is 6.32. The van der Waals surface area contributed by atoms with E-state index in [0.717, 1.165) is 22.4 Å². The number of nitrogens with zero attached hydrogens (tertiary/aromatic N) is 1. The predicted molar refractivity (Wildman–Crippen MR) is 169 cm³/mol. The molecule has 0 unspecified atom stereocenters. The number of rotatable bonds is 5. The topological polar surface area (TPSA) is 63.7 Å². The van der Waals surface area contributed by atoms with Gasteiger partial charge in [-0.15, -0.1) is 0 Å². The van der Waals surface area contributed by atoms with Crippen LogP contribution in [-0.4, -0.2) is 36.5 Å². The van der Waals surface area contributed by atoms with Crippen LogP contribution in [0.25, 0.3) is 6.08 Å². The maximum Gasteiger partial charge on any atom is 0.186 e. The van der Waals surface area contributed by atoms with Crippen LogP contribution in [0.2, 0.25) is 5.02 Å². The molecule has 5 nitrogen and oxygen atoms in total. The third kappa shape index (κ3) is 3.88. The van der Waals surface area contributed by atoms with Crippen molar-refractivity contribution in [2.75, 3.05) is 12.0 Å². The number of halogens is 1. The summed E-state index contributed by atoms with van der Waals surface area (Å²) in [6, 6.07) is 26.1. The summed E-state index contributed by atoms with van der Waals surface area (Å²) in [7, 11) is 1.56. The summed E-state index contributed by atoms with van der Waals surface area (Å²) in [5.41, 5.74) is 3.21. The number of carbonyl (C=O) groups is 3. The van der Waals surface area contributed by atoms with Crippen LogP contribution in [-0.2, 0) is 0 Å². The van der Waals surface area contributed by atoms with Gasteiger partial charge in [0.2, 0.25) is 0 Å². The molecular formula is C37H30ClNO4. The van der Waals surface area contributed by atoms with Gasteiger partial charge in [0.15, 0.2) is 17.3 Å². The summed E-state index contributed by atoms with van der Waals surface area (Å²) in [5, 5.41) is 0.563. The molecule has 0 bridgehead atoms. The van der Waals surface area contributed by atoms with E-state index in [9.17, 15) is 14.4 Å². The molecule has 2 heterocycles. The molecule has 4 aromatic carbocycles. The van der Waals surface area contributed by atoms with E-state index in [-0.39, 0.29) is 17.3 Å². The van der Waals surface area contributed by atoms with E-state index in [1.165, 1.54) is 0 Å². The van der Waals surface area contributed by atoms with Gasteiger partial charge in [-0.2, -0.15) is 0 Å². The van der Waals surface area contributed by atoms with E-state index in [1.807, 2.05) is 53.5 Å². The Morgan fingerprint density at radius 2 is 1.58 bits per heavy atom. The van der Waals surface area contributed by atoms with Crippen molar-refractivity contribution >= 4 is 40.7 Å². The Labute approximate surface area is 255 Å². The molecule has 0 radical (unpaired) electrons. The zero-order chi connectivity index (χ0) is 30.0. The first kappa shape index (κ1) is 27.4. The molecule has 0 aromatic heterocycles. The van der Waals surface area contributed by atoms with Gasteiger partial charge in [0.05, 0.1) is 13.2 Å². The average molecular weight is 588 g/mol. The number of anilines is 1. The van der Waals surface area contributed by atoms with Gasteiger partial charge in [-0.3, -0.25) is 14.4 Å². The maximum atomic E-state index is 14.9. The fraction of sp³-hybridized carbons (Fsp3) is 0.216. The van der Waals surface area contributed by atoms with E-state index < -0.39 is 23.4 Å². The first-order valence-corrected chi connectivity index (χ1v) is 14.9. The molecule has 4 aromatic rings. The molecule has 1 spiro atoms. The number of fused-ring (bicyclic) bond motifs is 5. The Hall–Kier alpha value is -4.48. The van der Waals surface area contributed by atoms with Crippen LogP contribution in [0.5, 0.6) is 5.75 Å². The standard InChI is InChI=1S/C37H30ClNO4/c1-21(2)22-11-13-23(14-12-22)32-33(34(40)25-7-6-8-27(20-25)43-3)39-30-17-16-26(38)19-24(30)15-18-31(39)37(32)35(41)28-9-4-5-10-29(28)36(37)42/h4-21,31-33H,1-3H3/t31-,32-,33-/m0/s1. The van der Waals surface area contributed by atoms with Crippen LogP contribution < -0.4 is 9.64 Å². The number of Topliss-reactive ketones (excluding diaryl/α,β-unsaturated/α-hetero) is 3. The Balaban J connectivity index is 1.53. The minimum Gasteiger partial charge on any atom is -0.497 e. The van der Waals surface area contributed by atoms with Crippen LogP contribution in [0.3, 0.4) is 0 Å². The Bertz CT molecular complexity index is 1800. The van der Waals surface area contributed by atoms with Crippen molar-refractivity contribution in [3.8, 4) is 5.75 Å². The number of carbonyl (C=O) groups excluding carboxylic acids is 3. The zero-order valence-electron chi connectivity index (χ0n) is 24.1. The summed E-state index contributed by atoms with van der Waals surface area (Å²) in [4.78, 5) is 46.4. The molecule has 7 rings (SSSR count). The van der Waals surface area contributed by atoms with Crippen molar-refractivity contribution in [3.05, 3.63) is 135 Å². The fourth-order valence-electron chi connectivity index (χ4n) is 7.36. The van der Waals surface area contributed by atoms with Crippen LogP contribution in [0, 0.1) is 5.41 Å².